The van der Waals surface area contributed by atoms with Gasteiger partial charge in [-0.3, -0.25) is 9.59 Å². The minimum atomic E-state index is -0.553. The number of allylic oxidation sites excluding steroid dienone is 10. The number of ether oxygens (including phenoxy) is 3. The normalized spacial score (nSPS) is 12.7. The van der Waals surface area contributed by atoms with E-state index in [0.717, 1.165) is 89.9 Å². The van der Waals surface area contributed by atoms with E-state index in [0.29, 0.717) is 19.4 Å². The van der Waals surface area contributed by atoms with Gasteiger partial charge in [0.05, 0.1) is 6.61 Å². The smallest absolute Gasteiger partial charge is 0.306 e. The van der Waals surface area contributed by atoms with E-state index in [4.69, 9.17) is 14.2 Å². The molecule has 0 rings (SSSR count). The zero-order valence-corrected chi connectivity index (χ0v) is 40.0. The van der Waals surface area contributed by atoms with Crippen LogP contribution in [0.25, 0.3) is 0 Å². The van der Waals surface area contributed by atoms with E-state index in [1.54, 1.807) is 0 Å². The van der Waals surface area contributed by atoms with Crippen LogP contribution >= 0.6 is 0 Å². The first-order chi connectivity index (χ1) is 29.6. The molecule has 0 heterocycles. The van der Waals surface area contributed by atoms with Crippen LogP contribution in [-0.4, -0.2) is 37.9 Å². The Hall–Kier alpha value is -2.40. The SMILES string of the molecule is CC/C=C\C/C=C\C/C=C\CCCCCC(=O)OCC(COCCCCCCCCCCCCCCCCCCCC)OC(=O)CCCCCCC/C=C\C/C=C\CCC. The maximum absolute atomic E-state index is 12.8. The molecular weight excluding hydrogens is 741 g/mol. The van der Waals surface area contributed by atoms with Gasteiger partial charge in [-0.15, -0.1) is 0 Å². The van der Waals surface area contributed by atoms with Crippen LogP contribution in [-0.2, 0) is 23.8 Å². The van der Waals surface area contributed by atoms with Crippen molar-refractivity contribution in [3.05, 3.63) is 60.8 Å². The topological polar surface area (TPSA) is 61.8 Å². The van der Waals surface area contributed by atoms with Crippen LogP contribution in [0.2, 0.25) is 0 Å². The van der Waals surface area contributed by atoms with Gasteiger partial charge >= 0.3 is 11.9 Å². The van der Waals surface area contributed by atoms with Crippen LogP contribution in [0.15, 0.2) is 60.8 Å². The van der Waals surface area contributed by atoms with Crippen LogP contribution in [0.3, 0.4) is 0 Å². The molecule has 0 radical (unpaired) electrons. The maximum atomic E-state index is 12.8. The highest BCUT2D eigenvalue weighted by Crippen LogP contribution is 2.15. The number of carbonyl (C=O) groups excluding carboxylic acids is 2. The predicted octanol–water partition coefficient (Wildman–Crippen LogP) is 17.3. The molecule has 0 aromatic heterocycles. The van der Waals surface area contributed by atoms with E-state index in [9.17, 15) is 9.59 Å². The van der Waals surface area contributed by atoms with Crippen molar-refractivity contribution in [2.75, 3.05) is 19.8 Å². The maximum Gasteiger partial charge on any atom is 0.306 e. The molecule has 60 heavy (non-hydrogen) atoms. The molecule has 0 amide bonds. The van der Waals surface area contributed by atoms with Crippen molar-refractivity contribution in [3.63, 3.8) is 0 Å². The molecule has 0 bridgehead atoms. The summed E-state index contributed by atoms with van der Waals surface area (Å²) in [7, 11) is 0. The van der Waals surface area contributed by atoms with Crippen LogP contribution < -0.4 is 0 Å². The molecule has 0 saturated carbocycles. The monoisotopic (exact) mass is 839 g/mol. The van der Waals surface area contributed by atoms with E-state index < -0.39 is 6.10 Å². The zero-order valence-electron chi connectivity index (χ0n) is 40.0. The van der Waals surface area contributed by atoms with Crippen molar-refractivity contribution in [3.8, 4) is 0 Å². The van der Waals surface area contributed by atoms with Crippen LogP contribution in [0.4, 0.5) is 0 Å². The Bertz CT molecular complexity index is 1040. The van der Waals surface area contributed by atoms with Crippen LogP contribution in [0.5, 0.6) is 0 Å². The molecule has 348 valence electrons. The molecule has 0 aliphatic rings. The third-order valence-corrected chi connectivity index (χ3v) is 11.0. The zero-order chi connectivity index (χ0) is 43.5. The first-order valence-electron chi connectivity index (χ1n) is 25.8. The summed E-state index contributed by atoms with van der Waals surface area (Å²) in [5.74, 6) is -0.441. The molecule has 5 heteroatoms. The second kappa shape index (κ2) is 51.0. The van der Waals surface area contributed by atoms with Gasteiger partial charge in [0.15, 0.2) is 6.10 Å². The lowest BCUT2D eigenvalue weighted by Gasteiger charge is -2.18. The first-order valence-corrected chi connectivity index (χ1v) is 25.8. The van der Waals surface area contributed by atoms with E-state index in [-0.39, 0.29) is 25.2 Å². The Morgan fingerprint density at radius 2 is 0.783 bits per heavy atom. The van der Waals surface area contributed by atoms with Gasteiger partial charge in [0, 0.05) is 19.4 Å². The highest BCUT2D eigenvalue weighted by Gasteiger charge is 2.17. The molecule has 0 spiro atoms. The summed E-state index contributed by atoms with van der Waals surface area (Å²) in [6.07, 6.45) is 63.8. The van der Waals surface area contributed by atoms with Gasteiger partial charge in [-0.2, -0.15) is 0 Å². The molecule has 0 saturated heterocycles. The van der Waals surface area contributed by atoms with E-state index in [1.165, 1.54) is 128 Å². The summed E-state index contributed by atoms with van der Waals surface area (Å²) >= 11 is 0. The summed E-state index contributed by atoms with van der Waals surface area (Å²) in [5, 5.41) is 0. The lowest BCUT2D eigenvalue weighted by molar-refractivity contribution is -0.163. The van der Waals surface area contributed by atoms with Gasteiger partial charge in [0.25, 0.3) is 0 Å². The highest BCUT2D eigenvalue weighted by atomic mass is 16.6. The largest absolute Gasteiger partial charge is 0.462 e. The summed E-state index contributed by atoms with van der Waals surface area (Å²) in [4.78, 5) is 25.3. The van der Waals surface area contributed by atoms with Gasteiger partial charge in [-0.1, -0.05) is 223 Å². The van der Waals surface area contributed by atoms with Gasteiger partial charge < -0.3 is 14.2 Å². The Morgan fingerprint density at radius 1 is 0.383 bits per heavy atom. The van der Waals surface area contributed by atoms with Gasteiger partial charge in [0.1, 0.15) is 6.61 Å². The molecule has 0 aliphatic carbocycles. The van der Waals surface area contributed by atoms with Gasteiger partial charge in [0.2, 0.25) is 0 Å². The molecule has 1 atom stereocenters. The van der Waals surface area contributed by atoms with Crippen molar-refractivity contribution in [1.82, 2.24) is 0 Å². The van der Waals surface area contributed by atoms with E-state index in [2.05, 4.69) is 81.5 Å². The Labute approximate surface area is 373 Å². The summed E-state index contributed by atoms with van der Waals surface area (Å²) in [6, 6.07) is 0. The lowest BCUT2D eigenvalue weighted by Crippen LogP contribution is -2.30. The molecule has 0 aromatic carbocycles. The molecular formula is C55H98O5. The first kappa shape index (κ1) is 57.6. The Morgan fingerprint density at radius 3 is 1.28 bits per heavy atom. The third-order valence-electron chi connectivity index (χ3n) is 11.0. The van der Waals surface area contributed by atoms with E-state index >= 15 is 0 Å². The highest BCUT2D eigenvalue weighted by molar-refractivity contribution is 5.70. The number of hydrogen-bond donors (Lipinski definition) is 0. The average molecular weight is 839 g/mol. The number of esters is 2. The molecule has 0 aliphatic heterocycles. The number of carbonyl (C=O) groups is 2. The van der Waals surface area contributed by atoms with Crippen molar-refractivity contribution >= 4 is 11.9 Å². The second-order valence-corrected chi connectivity index (χ2v) is 17.0. The molecule has 1 unspecified atom stereocenters. The van der Waals surface area contributed by atoms with Crippen molar-refractivity contribution < 1.29 is 23.8 Å². The molecule has 5 nitrogen and oxygen atoms in total. The third kappa shape index (κ3) is 48.3. The Kier molecular flexibility index (Phi) is 48.9. The van der Waals surface area contributed by atoms with Crippen molar-refractivity contribution in [2.24, 2.45) is 0 Å². The fraction of sp³-hybridized carbons (Fsp3) is 0.782. The Balaban J connectivity index is 4.27. The summed E-state index contributed by atoms with van der Waals surface area (Å²) < 4.78 is 17.4. The van der Waals surface area contributed by atoms with E-state index in [1.807, 2.05) is 0 Å². The molecule has 0 aromatic rings. The fourth-order valence-electron chi connectivity index (χ4n) is 7.21. The standard InChI is InChI=1S/C55H98O5/c1-4-7-10-13-16-19-22-25-26-27-28-29-32-35-38-41-44-47-50-58-51-53(60-55(57)49-46-43-40-37-34-31-24-21-18-15-12-9-6-3)52-59-54(56)48-45-42-39-36-33-30-23-20-17-14-11-8-5-2/h8,11-12,15,17,20-21,24,30,33,53H,4-7,9-10,13-14,16,18-19,22-23,25-29,31-32,34-52H2,1-3H3/b11-8-,15-12-,20-17-,24-21-,33-30-. The van der Waals surface area contributed by atoms with Gasteiger partial charge in [-0.25, -0.2) is 0 Å². The minimum Gasteiger partial charge on any atom is -0.462 e. The van der Waals surface area contributed by atoms with Crippen LogP contribution in [0, 0.1) is 0 Å². The number of unbranched alkanes of at least 4 members (excludes halogenated alkanes) is 26. The number of hydrogen-bond acceptors (Lipinski definition) is 5. The van der Waals surface area contributed by atoms with Crippen LogP contribution in [0.1, 0.15) is 252 Å². The summed E-state index contributed by atoms with van der Waals surface area (Å²) in [6.45, 7) is 7.63. The lowest BCUT2D eigenvalue weighted by atomic mass is 10.0. The molecule has 0 fully saturated rings. The second-order valence-electron chi connectivity index (χ2n) is 17.0. The average Bonchev–Trinajstić information content (AvgIpc) is 3.25. The van der Waals surface area contributed by atoms with Crippen molar-refractivity contribution in [1.29, 1.82) is 0 Å². The van der Waals surface area contributed by atoms with Gasteiger partial charge in [-0.05, 0) is 77.0 Å². The predicted molar refractivity (Wildman–Crippen MR) is 261 cm³/mol. The minimum absolute atomic E-state index is 0.0656. The van der Waals surface area contributed by atoms with Crippen molar-refractivity contribution in [2.45, 2.75) is 258 Å². The fourth-order valence-corrected chi connectivity index (χ4v) is 7.21. The summed E-state index contributed by atoms with van der Waals surface area (Å²) in [5.41, 5.74) is 0. The number of rotatable bonds is 47. The molecule has 0 N–H and O–H groups in total. The quantitative estimate of drug-likeness (QED) is 0.0347.